The average Bonchev–Trinajstić information content (AvgIpc) is 3.07. The first kappa shape index (κ1) is 23.0. The summed E-state index contributed by atoms with van der Waals surface area (Å²) in [5.41, 5.74) is 1.82. The molecule has 0 aliphatic heterocycles. The number of aromatic nitrogens is 4. The highest BCUT2D eigenvalue weighted by Crippen LogP contribution is 2.32. The Morgan fingerprint density at radius 1 is 0.941 bits per heavy atom. The molecule has 0 fully saturated rings. The van der Waals surface area contributed by atoms with Crippen LogP contribution in [0.15, 0.2) is 60.7 Å². The standard InChI is InChI=1S/C24H20F3N5O2/c1-14-15(2)31-32(16(14)3)21-12-13-22(30-29-21)34-18-10-8-17(9-11-18)28-23(33)19-6-4-5-7-20(19)24(25,26)27/h4-13H,1-3H3,(H,28,33). The number of alkyl halides is 3. The summed E-state index contributed by atoms with van der Waals surface area (Å²) in [5.74, 6) is 0.358. The van der Waals surface area contributed by atoms with Gasteiger partial charge in [0.1, 0.15) is 5.75 Å². The van der Waals surface area contributed by atoms with Crippen LogP contribution in [-0.2, 0) is 6.18 Å². The molecule has 1 amide bonds. The lowest BCUT2D eigenvalue weighted by Gasteiger charge is -2.13. The van der Waals surface area contributed by atoms with Gasteiger partial charge in [-0.15, -0.1) is 10.2 Å². The van der Waals surface area contributed by atoms with Gasteiger partial charge in [-0.3, -0.25) is 4.79 Å². The third-order valence-electron chi connectivity index (χ3n) is 5.31. The summed E-state index contributed by atoms with van der Waals surface area (Å²) >= 11 is 0. The summed E-state index contributed by atoms with van der Waals surface area (Å²) in [5, 5.41) is 15.1. The minimum absolute atomic E-state index is 0.248. The van der Waals surface area contributed by atoms with Gasteiger partial charge in [-0.25, -0.2) is 4.68 Å². The van der Waals surface area contributed by atoms with E-state index in [1.54, 1.807) is 28.9 Å². The van der Waals surface area contributed by atoms with E-state index in [4.69, 9.17) is 4.74 Å². The van der Waals surface area contributed by atoms with Gasteiger partial charge in [-0.1, -0.05) is 12.1 Å². The number of carbonyl (C=O) groups excluding carboxylic acids is 1. The molecule has 2 aromatic carbocycles. The lowest BCUT2D eigenvalue weighted by molar-refractivity contribution is -0.137. The zero-order valence-electron chi connectivity index (χ0n) is 18.5. The van der Waals surface area contributed by atoms with E-state index in [9.17, 15) is 18.0 Å². The molecule has 0 bridgehead atoms. The molecule has 0 unspecified atom stereocenters. The molecule has 2 heterocycles. The number of rotatable bonds is 5. The first-order valence-electron chi connectivity index (χ1n) is 10.3. The molecule has 4 rings (SSSR count). The normalized spacial score (nSPS) is 11.4. The van der Waals surface area contributed by atoms with Gasteiger partial charge in [0.25, 0.3) is 5.91 Å². The summed E-state index contributed by atoms with van der Waals surface area (Å²) < 4.78 is 46.8. The van der Waals surface area contributed by atoms with E-state index >= 15 is 0 Å². The predicted octanol–water partition coefficient (Wildman–Crippen LogP) is 5.65. The molecule has 1 N–H and O–H groups in total. The van der Waals surface area contributed by atoms with E-state index in [0.29, 0.717) is 17.3 Å². The Labute approximate surface area is 193 Å². The maximum atomic E-state index is 13.2. The molecular formula is C24H20F3N5O2. The minimum Gasteiger partial charge on any atom is -0.438 e. The lowest BCUT2D eigenvalue weighted by Crippen LogP contribution is -2.18. The summed E-state index contributed by atoms with van der Waals surface area (Å²) in [6, 6.07) is 14.2. The molecule has 0 aliphatic carbocycles. The molecule has 0 radical (unpaired) electrons. The number of amides is 1. The van der Waals surface area contributed by atoms with Crippen molar-refractivity contribution in [2.24, 2.45) is 0 Å². The van der Waals surface area contributed by atoms with Crippen molar-refractivity contribution in [3.05, 3.63) is 88.7 Å². The van der Waals surface area contributed by atoms with Crippen molar-refractivity contribution in [3.8, 4) is 17.4 Å². The van der Waals surface area contributed by atoms with Crippen LogP contribution in [0.2, 0.25) is 0 Å². The number of hydrogen-bond acceptors (Lipinski definition) is 5. The molecule has 0 saturated carbocycles. The fourth-order valence-corrected chi connectivity index (χ4v) is 3.28. The molecule has 4 aromatic rings. The van der Waals surface area contributed by atoms with E-state index in [0.717, 1.165) is 29.1 Å². The quantitative estimate of drug-likeness (QED) is 0.410. The number of nitrogens with zero attached hydrogens (tertiary/aromatic N) is 4. The second kappa shape index (κ2) is 8.97. The van der Waals surface area contributed by atoms with Gasteiger partial charge in [-0.05, 0) is 68.8 Å². The van der Waals surface area contributed by atoms with Crippen LogP contribution < -0.4 is 10.1 Å². The van der Waals surface area contributed by atoms with Crippen molar-refractivity contribution in [2.75, 3.05) is 5.32 Å². The highest BCUT2D eigenvalue weighted by Gasteiger charge is 2.34. The molecular weight excluding hydrogens is 447 g/mol. The summed E-state index contributed by atoms with van der Waals surface area (Å²) in [6.45, 7) is 5.86. The molecule has 34 heavy (non-hydrogen) atoms. The van der Waals surface area contributed by atoms with E-state index in [1.165, 1.54) is 24.3 Å². The average molecular weight is 467 g/mol. The monoisotopic (exact) mass is 467 g/mol. The first-order valence-corrected chi connectivity index (χ1v) is 10.3. The zero-order valence-corrected chi connectivity index (χ0v) is 18.5. The maximum Gasteiger partial charge on any atom is 0.417 e. The Morgan fingerprint density at radius 2 is 1.65 bits per heavy atom. The first-order chi connectivity index (χ1) is 16.1. The van der Waals surface area contributed by atoms with Crippen molar-refractivity contribution in [1.82, 2.24) is 20.0 Å². The number of benzene rings is 2. The Hall–Kier alpha value is -4.21. The molecule has 0 saturated heterocycles. The maximum absolute atomic E-state index is 13.2. The van der Waals surface area contributed by atoms with Gasteiger partial charge in [0.2, 0.25) is 5.88 Å². The molecule has 2 aromatic heterocycles. The summed E-state index contributed by atoms with van der Waals surface area (Å²) in [4.78, 5) is 12.4. The Bertz CT molecular complexity index is 1330. The van der Waals surface area contributed by atoms with E-state index in [1.807, 2.05) is 20.8 Å². The van der Waals surface area contributed by atoms with E-state index in [2.05, 4.69) is 20.6 Å². The van der Waals surface area contributed by atoms with Crippen LogP contribution in [0.25, 0.3) is 5.82 Å². The number of hydrogen-bond donors (Lipinski definition) is 1. The zero-order chi connectivity index (χ0) is 24.5. The Balaban J connectivity index is 1.44. The fraction of sp³-hybridized carbons (Fsp3) is 0.167. The van der Waals surface area contributed by atoms with E-state index < -0.39 is 23.2 Å². The van der Waals surface area contributed by atoms with Crippen LogP contribution in [0.1, 0.15) is 32.9 Å². The number of halogens is 3. The van der Waals surface area contributed by atoms with Gasteiger partial charge in [0.05, 0.1) is 16.8 Å². The summed E-state index contributed by atoms with van der Waals surface area (Å²) in [7, 11) is 0. The fourth-order valence-electron chi connectivity index (χ4n) is 3.28. The van der Waals surface area contributed by atoms with E-state index in [-0.39, 0.29) is 5.88 Å². The molecule has 0 aliphatic rings. The van der Waals surface area contributed by atoms with Crippen molar-refractivity contribution < 1.29 is 22.7 Å². The number of ether oxygens (including phenoxy) is 1. The number of nitrogens with one attached hydrogen (secondary N) is 1. The van der Waals surface area contributed by atoms with Crippen LogP contribution in [0, 0.1) is 20.8 Å². The topological polar surface area (TPSA) is 81.9 Å². The van der Waals surface area contributed by atoms with Crippen LogP contribution >= 0.6 is 0 Å². The van der Waals surface area contributed by atoms with Gasteiger partial charge in [0, 0.05) is 17.4 Å². The van der Waals surface area contributed by atoms with Gasteiger partial charge in [0.15, 0.2) is 5.82 Å². The summed E-state index contributed by atoms with van der Waals surface area (Å²) in [6.07, 6.45) is -4.63. The Morgan fingerprint density at radius 3 is 2.24 bits per heavy atom. The molecule has 10 heteroatoms. The van der Waals surface area contributed by atoms with Crippen LogP contribution in [-0.4, -0.2) is 25.9 Å². The molecule has 0 atom stereocenters. The second-order valence-corrected chi connectivity index (χ2v) is 7.56. The third-order valence-corrected chi connectivity index (χ3v) is 5.31. The second-order valence-electron chi connectivity index (χ2n) is 7.56. The lowest BCUT2D eigenvalue weighted by atomic mass is 10.1. The number of anilines is 1. The molecule has 0 spiro atoms. The minimum atomic E-state index is -4.63. The van der Waals surface area contributed by atoms with Crippen molar-refractivity contribution >= 4 is 11.6 Å². The molecule has 7 nitrogen and oxygen atoms in total. The Kier molecular flexibility index (Phi) is 6.06. The van der Waals surface area contributed by atoms with Gasteiger partial charge in [-0.2, -0.15) is 18.3 Å². The third kappa shape index (κ3) is 4.75. The number of aryl methyl sites for hydroxylation is 1. The highest BCUT2D eigenvalue weighted by molar-refractivity contribution is 6.05. The van der Waals surface area contributed by atoms with Crippen molar-refractivity contribution in [3.63, 3.8) is 0 Å². The van der Waals surface area contributed by atoms with Crippen molar-refractivity contribution in [1.29, 1.82) is 0 Å². The molecule has 174 valence electrons. The largest absolute Gasteiger partial charge is 0.438 e. The number of carbonyl (C=O) groups is 1. The predicted molar refractivity (Wildman–Crippen MR) is 119 cm³/mol. The smallest absolute Gasteiger partial charge is 0.417 e. The van der Waals surface area contributed by atoms with Crippen LogP contribution in [0.3, 0.4) is 0 Å². The van der Waals surface area contributed by atoms with Gasteiger partial charge >= 0.3 is 6.18 Å². The van der Waals surface area contributed by atoms with Gasteiger partial charge < -0.3 is 10.1 Å². The SMILES string of the molecule is Cc1nn(-c2ccc(Oc3ccc(NC(=O)c4ccccc4C(F)(F)F)cc3)nn2)c(C)c1C. The van der Waals surface area contributed by atoms with Crippen LogP contribution in [0.4, 0.5) is 18.9 Å². The van der Waals surface area contributed by atoms with Crippen molar-refractivity contribution in [2.45, 2.75) is 26.9 Å². The highest BCUT2D eigenvalue weighted by atomic mass is 19.4. The van der Waals surface area contributed by atoms with Crippen LogP contribution in [0.5, 0.6) is 11.6 Å².